The van der Waals surface area contributed by atoms with Gasteiger partial charge < -0.3 is 5.32 Å². The minimum atomic E-state index is 0.425. The van der Waals surface area contributed by atoms with Gasteiger partial charge in [-0.05, 0) is 48.5 Å². The molecule has 2 heteroatoms. The largest absolute Gasteiger partial charge is 0.310 e. The third kappa shape index (κ3) is 3.01. The van der Waals surface area contributed by atoms with E-state index >= 15 is 0 Å². The van der Waals surface area contributed by atoms with Gasteiger partial charge in [0.15, 0.2) is 0 Å². The smallest absolute Gasteiger partial charge is 0.0371 e. The number of aryl methyl sites for hydroxylation is 1. The molecule has 2 aromatic rings. The fourth-order valence-electron chi connectivity index (χ4n) is 2.32. The highest BCUT2D eigenvalue weighted by atomic mass is 32.1. The van der Waals surface area contributed by atoms with Crippen LogP contribution >= 0.6 is 11.3 Å². The van der Waals surface area contributed by atoms with E-state index in [-0.39, 0.29) is 0 Å². The Labute approximate surface area is 114 Å². The topological polar surface area (TPSA) is 12.0 Å². The first-order chi connectivity index (χ1) is 8.72. The fourth-order valence-corrected chi connectivity index (χ4v) is 3.07. The zero-order chi connectivity index (χ0) is 13.0. The molecule has 0 amide bonds. The third-order valence-corrected chi connectivity index (χ3v) is 4.36. The first-order valence-corrected chi connectivity index (χ1v) is 7.42. The monoisotopic (exact) mass is 259 g/mol. The van der Waals surface area contributed by atoms with Gasteiger partial charge in [-0.25, -0.2) is 0 Å². The molecule has 1 nitrogen and oxygen atoms in total. The van der Waals surface area contributed by atoms with Gasteiger partial charge in [-0.3, -0.25) is 0 Å². The molecule has 1 aromatic carbocycles. The van der Waals surface area contributed by atoms with E-state index in [9.17, 15) is 0 Å². The van der Waals surface area contributed by atoms with Gasteiger partial charge in [0.25, 0.3) is 0 Å². The standard InChI is InChI=1S/C16H21NS/c1-4-17-16(11-14-8-6-10-18-14)15-9-5-7-12(2)13(15)3/h5-10,16-17H,4,11H2,1-3H3. The Balaban J connectivity index is 2.26. The minimum Gasteiger partial charge on any atom is -0.310 e. The first kappa shape index (κ1) is 13.3. The lowest BCUT2D eigenvalue weighted by Crippen LogP contribution is -2.23. The molecule has 1 unspecified atom stereocenters. The van der Waals surface area contributed by atoms with Crippen LogP contribution in [0.3, 0.4) is 0 Å². The van der Waals surface area contributed by atoms with E-state index in [1.165, 1.54) is 21.6 Å². The van der Waals surface area contributed by atoms with Gasteiger partial charge in [-0.15, -0.1) is 11.3 Å². The van der Waals surface area contributed by atoms with Crippen molar-refractivity contribution in [2.24, 2.45) is 0 Å². The molecule has 1 atom stereocenters. The Morgan fingerprint density at radius 2 is 2.00 bits per heavy atom. The predicted molar refractivity (Wildman–Crippen MR) is 80.4 cm³/mol. The summed E-state index contributed by atoms with van der Waals surface area (Å²) in [5, 5.41) is 5.77. The highest BCUT2D eigenvalue weighted by Crippen LogP contribution is 2.25. The van der Waals surface area contributed by atoms with Crippen LogP contribution in [0.15, 0.2) is 35.7 Å². The summed E-state index contributed by atoms with van der Waals surface area (Å²) >= 11 is 1.84. The number of hydrogen-bond acceptors (Lipinski definition) is 2. The summed E-state index contributed by atoms with van der Waals surface area (Å²) in [6, 6.07) is 11.4. The zero-order valence-corrected chi connectivity index (χ0v) is 12.2. The lowest BCUT2D eigenvalue weighted by atomic mass is 9.95. The van der Waals surface area contributed by atoms with Crippen molar-refractivity contribution in [1.82, 2.24) is 5.32 Å². The fraction of sp³-hybridized carbons (Fsp3) is 0.375. The van der Waals surface area contributed by atoms with Crippen molar-refractivity contribution in [2.75, 3.05) is 6.54 Å². The molecule has 0 aliphatic carbocycles. The lowest BCUT2D eigenvalue weighted by molar-refractivity contribution is 0.550. The van der Waals surface area contributed by atoms with Crippen molar-refractivity contribution in [3.8, 4) is 0 Å². The van der Waals surface area contributed by atoms with Crippen LogP contribution in [0.5, 0.6) is 0 Å². The molecule has 1 N–H and O–H groups in total. The van der Waals surface area contributed by atoms with Crippen molar-refractivity contribution >= 4 is 11.3 Å². The molecule has 0 saturated carbocycles. The van der Waals surface area contributed by atoms with Crippen LogP contribution in [0.2, 0.25) is 0 Å². The Morgan fingerprint density at radius 1 is 1.17 bits per heavy atom. The molecule has 0 radical (unpaired) electrons. The van der Waals surface area contributed by atoms with Crippen LogP contribution in [0.1, 0.15) is 34.5 Å². The molecule has 1 aromatic heterocycles. The highest BCUT2D eigenvalue weighted by molar-refractivity contribution is 7.09. The number of benzene rings is 1. The van der Waals surface area contributed by atoms with Crippen molar-refractivity contribution < 1.29 is 0 Å². The Morgan fingerprint density at radius 3 is 2.67 bits per heavy atom. The summed E-state index contributed by atoms with van der Waals surface area (Å²) in [5.41, 5.74) is 4.23. The first-order valence-electron chi connectivity index (χ1n) is 6.54. The van der Waals surface area contributed by atoms with Crippen LogP contribution in [0.25, 0.3) is 0 Å². The van der Waals surface area contributed by atoms with Crippen LogP contribution in [-0.4, -0.2) is 6.54 Å². The van der Waals surface area contributed by atoms with E-state index < -0.39 is 0 Å². The van der Waals surface area contributed by atoms with Crippen LogP contribution in [-0.2, 0) is 6.42 Å². The zero-order valence-electron chi connectivity index (χ0n) is 11.4. The molecule has 1 heterocycles. The Kier molecular flexibility index (Phi) is 4.56. The quantitative estimate of drug-likeness (QED) is 0.846. The maximum atomic E-state index is 3.61. The molecule has 0 aliphatic heterocycles. The van der Waals surface area contributed by atoms with Crippen molar-refractivity contribution in [2.45, 2.75) is 33.2 Å². The minimum absolute atomic E-state index is 0.425. The van der Waals surface area contributed by atoms with E-state index in [0.29, 0.717) is 6.04 Å². The maximum Gasteiger partial charge on any atom is 0.0371 e. The van der Waals surface area contributed by atoms with Gasteiger partial charge in [0.05, 0.1) is 0 Å². The van der Waals surface area contributed by atoms with Gasteiger partial charge in [-0.1, -0.05) is 31.2 Å². The summed E-state index contributed by atoms with van der Waals surface area (Å²) in [6.45, 7) is 7.59. The molecule has 2 rings (SSSR count). The van der Waals surface area contributed by atoms with Crippen molar-refractivity contribution in [3.05, 3.63) is 57.3 Å². The molecule has 0 spiro atoms. The Bertz CT molecular complexity index is 488. The molecular formula is C16H21NS. The van der Waals surface area contributed by atoms with Gasteiger partial charge >= 0.3 is 0 Å². The molecule has 0 bridgehead atoms. The maximum absolute atomic E-state index is 3.61. The second kappa shape index (κ2) is 6.17. The predicted octanol–water partition coefficient (Wildman–Crippen LogP) is 4.26. The second-order valence-electron chi connectivity index (χ2n) is 4.68. The van der Waals surface area contributed by atoms with Gasteiger partial charge in [0.1, 0.15) is 0 Å². The molecular weight excluding hydrogens is 238 g/mol. The normalized spacial score (nSPS) is 12.6. The molecule has 0 aliphatic rings. The highest BCUT2D eigenvalue weighted by Gasteiger charge is 2.14. The average Bonchev–Trinajstić information content (AvgIpc) is 2.85. The van der Waals surface area contributed by atoms with E-state index in [2.05, 4.69) is 61.8 Å². The van der Waals surface area contributed by atoms with Crippen LogP contribution in [0.4, 0.5) is 0 Å². The van der Waals surface area contributed by atoms with Gasteiger partial charge in [0.2, 0.25) is 0 Å². The molecule has 0 saturated heterocycles. The van der Waals surface area contributed by atoms with Gasteiger partial charge in [0, 0.05) is 17.3 Å². The number of hydrogen-bond donors (Lipinski definition) is 1. The van der Waals surface area contributed by atoms with E-state index in [1.54, 1.807) is 0 Å². The van der Waals surface area contributed by atoms with E-state index in [0.717, 1.165) is 13.0 Å². The summed E-state index contributed by atoms with van der Waals surface area (Å²) in [6.07, 6.45) is 1.08. The van der Waals surface area contributed by atoms with E-state index in [4.69, 9.17) is 0 Å². The number of likely N-dealkylation sites (N-methyl/N-ethyl adjacent to an activating group) is 1. The average molecular weight is 259 g/mol. The number of nitrogens with one attached hydrogen (secondary N) is 1. The third-order valence-electron chi connectivity index (χ3n) is 3.46. The van der Waals surface area contributed by atoms with Gasteiger partial charge in [-0.2, -0.15) is 0 Å². The van der Waals surface area contributed by atoms with Crippen LogP contribution in [0, 0.1) is 13.8 Å². The van der Waals surface area contributed by atoms with E-state index in [1.807, 2.05) is 11.3 Å². The SMILES string of the molecule is CCNC(Cc1cccs1)c1cccc(C)c1C. The Hall–Kier alpha value is -1.12. The molecule has 96 valence electrons. The molecule has 0 fully saturated rings. The second-order valence-corrected chi connectivity index (χ2v) is 5.72. The van der Waals surface area contributed by atoms with Crippen molar-refractivity contribution in [1.29, 1.82) is 0 Å². The summed E-state index contributed by atoms with van der Waals surface area (Å²) in [5.74, 6) is 0. The summed E-state index contributed by atoms with van der Waals surface area (Å²) in [7, 11) is 0. The lowest BCUT2D eigenvalue weighted by Gasteiger charge is -2.21. The molecule has 18 heavy (non-hydrogen) atoms. The number of thiophene rings is 1. The number of rotatable bonds is 5. The van der Waals surface area contributed by atoms with Crippen LogP contribution < -0.4 is 5.32 Å². The summed E-state index contributed by atoms with van der Waals surface area (Å²) < 4.78 is 0. The van der Waals surface area contributed by atoms with Crippen molar-refractivity contribution in [3.63, 3.8) is 0 Å². The summed E-state index contributed by atoms with van der Waals surface area (Å²) in [4.78, 5) is 1.45.